The summed E-state index contributed by atoms with van der Waals surface area (Å²) in [5, 5.41) is 7.42. The molecule has 0 amide bonds. The van der Waals surface area contributed by atoms with Crippen molar-refractivity contribution in [2.45, 2.75) is 0 Å². The van der Waals surface area contributed by atoms with E-state index in [0.717, 1.165) is 0 Å². The fraction of sp³-hybridized carbons (Fsp3) is 0. The molecule has 0 aliphatic rings. The standard InChI is InChI=1S/C2H2ClFO/c3-1-2(4)5/h1,5H. The molecule has 0 aliphatic heterocycles. The molecule has 0 bridgehead atoms. The Morgan fingerprint density at radius 1 is 2.00 bits per heavy atom. The van der Waals surface area contributed by atoms with Gasteiger partial charge in [-0.3, -0.25) is 0 Å². The van der Waals surface area contributed by atoms with Gasteiger partial charge >= 0.3 is 0 Å². The van der Waals surface area contributed by atoms with Crippen molar-refractivity contribution in [3.63, 3.8) is 0 Å². The van der Waals surface area contributed by atoms with Gasteiger partial charge in [-0.1, -0.05) is 11.6 Å². The van der Waals surface area contributed by atoms with Gasteiger partial charge in [-0.2, -0.15) is 4.39 Å². The third kappa shape index (κ3) is 3.76. The maximum absolute atomic E-state index is 10.7. The second kappa shape index (κ2) is 2.03. The van der Waals surface area contributed by atoms with Crippen molar-refractivity contribution in [1.82, 2.24) is 0 Å². The summed E-state index contributed by atoms with van der Waals surface area (Å²) >= 11 is 4.55. The van der Waals surface area contributed by atoms with Crippen molar-refractivity contribution in [2.24, 2.45) is 0 Å². The van der Waals surface area contributed by atoms with Crippen LogP contribution in [0.3, 0.4) is 0 Å². The molecule has 0 atom stereocenters. The van der Waals surface area contributed by atoms with E-state index in [1.807, 2.05) is 0 Å². The van der Waals surface area contributed by atoms with Gasteiger partial charge in [-0.15, -0.1) is 0 Å². The number of aliphatic hydroxyl groups is 1. The Morgan fingerprint density at radius 3 is 2.20 bits per heavy atom. The van der Waals surface area contributed by atoms with Crippen LogP contribution in [0.25, 0.3) is 0 Å². The Hall–Kier alpha value is -0.240. The fourth-order valence-corrected chi connectivity index (χ4v) is 0. The summed E-state index contributed by atoms with van der Waals surface area (Å²) in [4.78, 5) is 0. The van der Waals surface area contributed by atoms with Gasteiger partial charge in [0, 0.05) is 0 Å². The van der Waals surface area contributed by atoms with Crippen LogP contribution in [-0.2, 0) is 0 Å². The van der Waals surface area contributed by atoms with Crippen LogP contribution >= 0.6 is 11.6 Å². The highest BCUT2D eigenvalue weighted by molar-refractivity contribution is 6.25. The molecule has 1 N–H and O–H groups in total. The highest BCUT2D eigenvalue weighted by Gasteiger charge is 1.72. The molecule has 0 spiro atoms. The summed E-state index contributed by atoms with van der Waals surface area (Å²) in [6.07, 6.45) is 0. The van der Waals surface area contributed by atoms with E-state index in [-0.39, 0.29) is 0 Å². The molecule has 0 aromatic rings. The Morgan fingerprint density at radius 2 is 2.20 bits per heavy atom. The molecule has 3 heteroatoms. The van der Waals surface area contributed by atoms with Crippen LogP contribution in [0.5, 0.6) is 0 Å². The van der Waals surface area contributed by atoms with Crippen molar-refractivity contribution < 1.29 is 9.50 Å². The molecule has 0 aromatic carbocycles. The fourth-order valence-electron chi connectivity index (χ4n) is 0. The van der Waals surface area contributed by atoms with E-state index in [2.05, 4.69) is 11.6 Å². The lowest BCUT2D eigenvalue weighted by Crippen LogP contribution is -1.55. The molecular formula is C2H2ClFO. The summed E-state index contributed by atoms with van der Waals surface area (Å²) in [5.74, 6) is 0. The Bertz CT molecular complexity index is 47.6. The monoisotopic (exact) mass is 96.0 g/mol. The minimum atomic E-state index is -1.35. The van der Waals surface area contributed by atoms with Crippen molar-refractivity contribution in [1.29, 1.82) is 0 Å². The van der Waals surface area contributed by atoms with Crippen molar-refractivity contribution >= 4 is 11.6 Å². The minimum Gasteiger partial charge on any atom is -0.486 e. The van der Waals surface area contributed by atoms with Gasteiger partial charge in [0.1, 0.15) is 0 Å². The summed E-state index contributed by atoms with van der Waals surface area (Å²) in [6, 6.07) is -1.35. The third-order valence-corrected chi connectivity index (χ3v) is 0.270. The van der Waals surface area contributed by atoms with Crippen LogP contribution in [0.15, 0.2) is 11.5 Å². The second-order valence-corrected chi connectivity index (χ2v) is 0.650. The first-order chi connectivity index (χ1) is 2.27. The van der Waals surface area contributed by atoms with Gasteiger partial charge in [0.2, 0.25) is 0 Å². The zero-order valence-electron chi connectivity index (χ0n) is 2.28. The topological polar surface area (TPSA) is 20.2 Å². The number of halogens is 2. The molecule has 0 aromatic heterocycles. The number of hydrogen-bond acceptors (Lipinski definition) is 1. The molecule has 0 unspecified atom stereocenters. The van der Waals surface area contributed by atoms with Gasteiger partial charge in [0.15, 0.2) is 0 Å². The molecule has 0 rings (SSSR count). The predicted octanol–water partition coefficient (Wildman–Crippen LogP) is 1.55. The molecule has 0 saturated carbocycles. The highest BCUT2D eigenvalue weighted by atomic mass is 35.5. The van der Waals surface area contributed by atoms with Crippen LogP contribution in [0.1, 0.15) is 0 Å². The zero-order chi connectivity index (χ0) is 4.28. The smallest absolute Gasteiger partial charge is 0.281 e. The number of rotatable bonds is 0. The van der Waals surface area contributed by atoms with E-state index >= 15 is 0 Å². The van der Waals surface area contributed by atoms with Gasteiger partial charge < -0.3 is 5.11 Å². The van der Waals surface area contributed by atoms with E-state index < -0.39 is 6.01 Å². The highest BCUT2D eigenvalue weighted by Crippen LogP contribution is 1.88. The summed E-state index contributed by atoms with van der Waals surface area (Å²) in [5.41, 5.74) is 0.444. The molecule has 0 radical (unpaired) electrons. The Kier molecular flexibility index (Phi) is 1.93. The van der Waals surface area contributed by atoms with Crippen LogP contribution in [0.2, 0.25) is 0 Å². The van der Waals surface area contributed by atoms with Crippen LogP contribution in [-0.4, -0.2) is 5.11 Å². The second-order valence-electron chi connectivity index (χ2n) is 0.432. The normalized spacial score (nSPS) is 12.0. The van der Waals surface area contributed by atoms with Crippen molar-refractivity contribution in [3.8, 4) is 0 Å². The first-order valence-corrected chi connectivity index (χ1v) is 1.36. The van der Waals surface area contributed by atoms with Crippen molar-refractivity contribution in [2.75, 3.05) is 0 Å². The first-order valence-electron chi connectivity index (χ1n) is 0.919. The molecule has 0 heterocycles. The van der Waals surface area contributed by atoms with Crippen LogP contribution in [0, 0.1) is 0 Å². The van der Waals surface area contributed by atoms with Gasteiger partial charge in [0.25, 0.3) is 6.01 Å². The summed E-state index contributed by atoms with van der Waals surface area (Å²) < 4.78 is 10.7. The van der Waals surface area contributed by atoms with Gasteiger partial charge in [0.05, 0.1) is 5.54 Å². The molecular weight excluding hydrogens is 94.5 g/mol. The molecule has 30 valence electrons. The van der Waals surface area contributed by atoms with E-state index in [4.69, 9.17) is 5.11 Å². The van der Waals surface area contributed by atoms with E-state index in [1.54, 1.807) is 0 Å². The van der Waals surface area contributed by atoms with E-state index in [9.17, 15) is 4.39 Å². The molecule has 0 fully saturated rings. The zero-order valence-corrected chi connectivity index (χ0v) is 3.04. The predicted molar refractivity (Wildman–Crippen MR) is 17.7 cm³/mol. The molecule has 5 heavy (non-hydrogen) atoms. The Labute approximate surface area is 33.7 Å². The average molecular weight is 96.5 g/mol. The molecule has 1 nitrogen and oxygen atoms in total. The number of aliphatic hydroxyl groups excluding tert-OH is 1. The molecule has 0 aliphatic carbocycles. The summed E-state index contributed by atoms with van der Waals surface area (Å²) in [6.45, 7) is 0. The SMILES string of the molecule is OC(F)=CCl. The Balaban J connectivity index is 3.14. The maximum Gasteiger partial charge on any atom is 0.281 e. The maximum atomic E-state index is 10.7. The van der Waals surface area contributed by atoms with E-state index in [0.29, 0.717) is 5.54 Å². The van der Waals surface area contributed by atoms with E-state index in [1.165, 1.54) is 0 Å². The lowest BCUT2D eigenvalue weighted by atomic mass is 11.1. The first kappa shape index (κ1) is 4.76. The lowest BCUT2D eigenvalue weighted by molar-refractivity contribution is 0.285. The van der Waals surface area contributed by atoms with Crippen LogP contribution < -0.4 is 0 Å². The quantitative estimate of drug-likeness (QED) is 0.454. The third-order valence-electron chi connectivity index (χ3n) is 0.0900. The average Bonchev–Trinajstić information content (AvgIpc) is 1.38. The van der Waals surface area contributed by atoms with Gasteiger partial charge in [-0.25, -0.2) is 0 Å². The minimum absolute atomic E-state index is 0.444. The van der Waals surface area contributed by atoms with Crippen molar-refractivity contribution in [3.05, 3.63) is 11.5 Å². The van der Waals surface area contributed by atoms with Crippen LogP contribution in [0.4, 0.5) is 4.39 Å². The summed E-state index contributed by atoms with van der Waals surface area (Å²) in [7, 11) is 0. The number of hydrogen-bond donors (Lipinski definition) is 1. The van der Waals surface area contributed by atoms with Gasteiger partial charge in [-0.05, 0) is 0 Å². The largest absolute Gasteiger partial charge is 0.486 e. The molecule has 0 saturated heterocycles. The lowest BCUT2D eigenvalue weighted by Gasteiger charge is -1.67.